The van der Waals surface area contributed by atoms with Crippen LogP contribution in [0.25, 0.3) is 0 Å². The van der Waals surface area contributed by atoms with Crippen molar-refractivity contribution >= 4 is 23.3 Å². The van der Waals surface area contributed by atoms with Gasteiger partial charge in [0.15, 0.2) is 5.96 Å². The number of aromatic carboxylic acids is 1. The molecule has 3 aromatic carbocycles. The number of carboxylic acids is 1. The predicted molar refractivity (Wildman–Crippen MR) is 138 cm³/mol. The van der Waals surface area contributed by atoms with Crippen molar-refractivity contribution in [1.82, 2.24) is 4.90 Å². The molecule has 2 N–H and O–H groups in total. The third-order valence-electron chi connectivity index (χ3n) is 5.92. The Morgan fingerprint density at radius 2 is 1.71 bits per heavy atom. The van der Waals surface area contributed by atoms with Crippen LogP contribution in [0.5, 0.6) is 11.5 Å². The molecule has 8 heteroatoms. The molecule has 0 saturated carbocycles. The highest BCUT2D eigenvalue weighted by molar-refractivity contribution is 5.96. The van der Waals surface area contributed by atoms with Gasteiger partial charge >= 0.3 is 5.97 Å². The molecule has 4 rings (SSSR count). The number of ether oxygens (including phenoxy) is 2. The Labute approximate surface area is 205 Å². The van der Waals surface area contributed by atoms with Gasteiger partial charge in [-0.2, -0.15) is 0 Å². The first-order chi connectivity index (χ1) is 17.1. The predicted octanol–water partition coefficient (Wildman–Crippen LogP) is 4.19. The van der Waals surface area contributed by atoms with Crippen LogP contribution in [0.2, 0.25) is 0 Å². The number of hydrogen-bond donors (Lipinski definition) is 2. The molecule has 0 aromatic heterocycles. The van der Waals surface area contributed by atoms with Crippen LogP contribution in [0, 0.1) is 0 Å². The Hall–Kier alpha value is -4.20. The number of carbonyl (C=O) groups is 1. The Bertz CT molecular complexity index is 1190. The average Bonchev–Trinajstić information content (AvgIpc) is 2.91. The molecule has 1 aliphatic heterocycles. The number of anilines is 2. The first kappa shape index (κ1) is 23.9. The van der Waals surface area contributed by atoms with Crippen LogP contribution >= 0.6 is 0 Å². The van der Waals surface area contributed by atoms with Gasteiger partial charge in [-0.1, -0.05) is 30.3 Å². The zero-order valence-electron chi connectivity index (χ0n) is 20.0. The largest absolute Gasteiger partial charge is 0.497 e. The van der Waals surface area contributed by atoms with Crippen molar-refractivity contribution in [3.8, 4) is 11.5 Å². The van der Waals surface area contributed by atoms with Crippen molar-refractivity contribution in [3.05, 3.63) is 83.9 Å². The smallest absolute Gasteiger partial charge is 0.335 e. The lowest BCUT2D eigenvalue weighted by Crippen LogP contribution is -2.50. The van der Waals surface area contributed by atoms with Crippen molar-refractivity contribution in [2.24, 2.45) is 4.99 Å². The van der Waals surface area contributed by atoms with E-state index in [1.807, 2.05) is 48.5 Å². The SMILES string of the molecule is COc1cccc(CN=C(Nc2cccc(C(=O)O)c2)N2CCN(c3ccccc3OC)CC2)c1. The van der Waals surface area contributed by atoms with Gasteiger partial charge in [-0.05, 0) is 48.0 Å². The summed E-state index contributed by atoms with van der Waals surface area (Å²) in [6.45, 7) is 3.57. The third-order valence-corrected chi connectivity index (χ3v) is 5.92. The van der Waals surface area contributed by atoms with E-state index in [1.54, 1.807) is 32.4 Å². The van der Waals surface area contributed by atoms with E-state index in [0.717, 1.165) is 48.9 Å². The summed E-state index contributed by atoms with van der Waals surface area (Å²) >= 11 is 0. The van der Waals surface area contributed by atoms with Crippen LogP contribution in [-0.2, 0) is 6.54 Å². The van der Waals surface area contributed by atoms with E-state index in [2.05, 4.69) is 21.2 Å². The molecule has 1 fully saturated rings. The van der Waals surface area contributed by atoms with E-state index >= 15 is 0 Å². The molecule has 182 valence electrons. The standard InChI is InChI=1S/C27H30N4O4/c1-34-23-10-5-7-20(17-23)19-28-27(29-22-9-6-8-21(18-22)26(32)33)31-15-13-30(14-16-31)24-11-3-4-12-25(24)35-2/h3-12,17-18H,13-16,19H2,1-2H3,(H,28,29)(H,32,33). The van der Waals surface area contributed by atoms with Crippen molar-refractivity contribution in [2.45, 2.75) is 6.54 Å². The molecule has 0 atom stereocenters. The van der Waals surface area contributed by atoms with Gasteiger partial charge in [-0.3, -0.25) is 0 Å². The molecular formula is C27H30N4O4. The van der Waals surface area contributed by atoms with Crippen molar-refractivity contribution in [2.75, 3.05) is 50.6 Å². The summed E-state index contributed by atoms with van der Waals surface area (Å²) in [7, 11) is 3.33. The summed E-state index contributed by atoms with van der Waals surface area (Å²) in [5.74, 6) is 1.38. The third kappa shape index (κ3) is 6.03. The minimum atomic E-state index is -0.964. The molecule has 0 amide bonds. The van der Waals surface area contributed by atoms with Gasteiger partial charge < -0.3 is 29.7 Å². The second-order valence-corrected chi connectivity index (χ2v) is 8.15. The Kier molecular flexibility index (Phi) is 7.72. The summed E-state index contributed by atoms with van der Waals surface area (Å²) in [6.07, 6.45) is 0. The monoisotopic (exact) mass is 474 g/mol. The first-order valence-corrected chi connectivity index (χ1v) is 11.5. The molecule has 0 spiro atoms. The number of para-hydroxylation sites is 2. The van der Waals surface area contributed by atoms with Gasteiger partial charge in [0.05, 0.1) is 32.0 Å². The summed E-state index contributed by atoms with van der Waals surface area (Å²) in [5.41, 5.74) is 3.01. The highest BCUT2D eigenvalue weighted by Gasteiger charge is 2.22. The molecule has 0 aliphatic carbocycles. The highest BCUT2D eigenvalue weighted by Crippen LogP contribution is 2.28. The maximum Gasteiger partial charge on any atom is 0.335 e. The number of nitrogens with one attached hydrogen (secondary N) is 1. The number of rotatable bonds is 7. The number of benzene rings is 3. The van der Waals surface area contributed by atoms with Crippen LogP contribution < -0.4 is 19.7 Å². The van der Waals surface area contributed by atoms with Crippen molar-refractivity contribution in [3.63, 3.8) is 0 Å². The fraction of sp³-hybridized carbons (Fsp3) is 0.259. The van der Waals surface area contributed by atoms with Gasteiger partial charge in [0.2, 0.25) is 0 Å². The Morgan fingerprint density at radius 3 is 2.46 bits per heavy atom. The molecule has 1 aliphatic rings. The molecule has 0 unspecified atom stereocenters. The molecule has 0 bridgehead atoms. The van der Waals surface area contributed by atoms with Gasteiger partial charge in [-0.15, -0.1) is 0 Å². The van der Waals surface area contributed by atoms with Gasteiger partial charge in [0.25, 0.3) is 0 Å². The Morgan fingerprint density at radius 1 is 0.943 bits per heavy atom. The zero-order valence-corrected chi connectivity index (χ0v) is 20.0. The van der Waals surface area contributed by atoms with Crippen LogP contribution in [0.15, 0.2) is 77.8 Å². The van der Waals surface area contributed by atoms with Gasteiger partial charge in [0, 0.05) is 31.9 Å². The molecule has 35 heavy (non-hydrogen) atoms. The fourth-order valence-corrected chi connectivity index (χ4v) is 4.06. The van der Waals surface area contributed by atoms with E-state index < -0.39 is 5.97 Å². The number of hydrogen-bond acceptors (Lipinski definition) is 5. The number of aliphatic imine (C=N–C) groups is 1. The van der Waals surface area contributed by atoms with Crippen molar-refractivity contribution in [1.29, 1.82) is 0 Å². The van der Waals surface area contributed by atoms with Crippen LogP contribution in [0.1, 0.15) is 15.9 Å². The lowest BCUT2D eigenvalue weighted by atomic mass is 10.2. The average molecular weight is 475 g/mol. The normalized spacial score (nSPS) is 13.9. The number of piperazine rings is 1. The van der Waals surface area contributed by atoms with E-state index in [9.17, 15) is 9.90 Å². The Balaban J connectivity index is 1.54. The molecule has 1 saturated heterocycles. The van der Waals surface area contributed by atoms with E-state index in [4.69, 9.17) is 14.5 Å². The van der Waals surface area contributed by atoms with E-state index in [0.29, 0.717) is 18.2 Å². The molecule has 0 radical (unpaired) electrons. The molecule has 8 nitrogen and oxygen atoms in total. The molecule has 1 heterocycles. The van der Waals surface area contributed by atoms with Crippen LogP contribution in [0.4, 0.5) is 11.4 Å². The fourth-order valence-electron chi connectivity index (χ4n) is 4.06. The minimum Gasteiger partial charge on any atom is -0.497 e. The molecular weight excluding hydrogens is 444 g/mol. The molecule has 3 aromatic rings. The zero-order chi connectivity index (χ0) is 24.6. The summed E-state index contributed by atoms with van der Waals surface area (Å²) in [5, 5.41) is 12.7. The topological polar surface area (TPSA) is 86.6 Å². The van der Waals surface area contributed by atoms with E-state index in [1.165, 1.54) is 0 Å². The maximum absolute atomic E-state index is 11.4. The summed E-state index contributed by atoms with van der Waals surface area (Å²) in [4.78, 5) is 20.8. The van der Waals surface area contributed by atoms with Gasteiger partial charge in [0.1, 0.15) is 11.5 Å². The second kappa shape index (κ2) is 11.3. The van der Waals surface area contributed by atoms with Crippen LogP contribution in [-0.4, -0.2) is 62.3 Å². The van der Waals surface area contributed by atoms with Crippen molar-refractivity contribution < 1.29 is 19.4 Å². The number of carboxylic acid groups (broad SMARTS) is 1. The van der Waals surface area contributed by atoms with E-state index in [-0.39, 0.29) is 5.56 Å². The lowest BCUT2D eigenvalue weighted by molar-refractivity contribution is 0.0697. The number of nitrogens with zero attached hydrogens (tertiary/aromatic N) is 3. The highest BCUT2D eigenvalue weighted by atomic mass is 16.5. The van der Waals surface area contributed by atoms with Crippen LogP contribution in [0.3, 0.4) is 0 Å². The number of guanidine groups is 1. The van der Waals surface area contributed by atoms with Gasteiger partial charge in [-0.25, -0.2) is 9.79 Å². The second-order valence-electron chi connectivity index (χ2n) is 8.15. The first-order valence-electron chi connectivity index (χ1n) is 11.5. The lowest BCUT2D eigenvalue weighted by Gasteiger charge is -2.38. The number of methoxy groups -OCH3 is 2. The summed E-state index contributed by atoms with van der Waals surface area (Å²) < 4.78 is 10.9. The maximum atomic E-state index is 11.4. The quantitative estimate of drug-likeness (QED) is 0.392. The summed E-state index contributed by atoms with van der Waals surface area (Å²) in [6, 6.07) is 22.6. The minimum absolute atomic E-state index is 0.225.